The molecule has 0 atom stereocenters. The van der Waals surface area contributed by atoms with Crippen molar-refractivity contribution in [3.63, 3.8) is 0 Å². The molecule has 0 amide bonds. The van der Waals surface area contributed by atoms with Gasteiger partial charge in [-0.3, -0.25) is 25.0 Å². The van der Waals surface area contributed by atoms with Crippen molar-refractivity contribution < 1.29 is 19.0 Å². The van der Waals surface area contributed by atoms with Crippen LogP contribution < -0.4 is 10.3 Å². The van der Waals surface area contributed by atoms with Crippen molar-refractivity contribution in [1.29, 1.82) is 0 Å². The van der Waals surface area contributed by atoms with Crippen molar-refractivity contribution in [2.75, 3.05) is 0 Å². The van der Waals surface area contributed by atoms with Crippen LogP contribution in [0.3, 0.4) is 0 Å². The maximum Gasteiger partial charge on any atom is 0.313 e. The fourth-order valence-corrected chi connectivity index (χ4v) is 4.94. The first-order chi connectivity index (χ1) is 21.2. The fourth-order valence-electron chi connectivity index (χ4n) is 4.54. The van der Waals surface area contributed by atoms with E-state index in [1.165, 1.54) is 30.5 Å². The van der Waals surface area contributed by atoms with Crippen LogP contribution in [0.1, 0.15) is 11.1 Å². The lowest BCUT2D eigenvalue weighted by Crippen LogP contribution is -2.20. The van der Waals surface area contributed by atoms with Crippen LogP contribution in [0, 0.1) is 20.2 Å². The molecular formula is C30H17Cl2N5O7. The first-order valence-electron chi connectivity index (χ1n) is 12.8. The molecule has 0 bridgehead atoms. The smallest absolute Gasteiger partial charge is 0.313 e. The highest BCUT2D eigenvalue weighted by molar-refractivity contribution is 6.31. The van der Waals surface area contributed by atoms with Crippen LogP contribution in [0.15, 0.2) is 99.2 Å². The summed E-state index contributed by atoms with van der Waals surface area (Å²) in [5.41, 5.74) is 0.202. The van der Waals surface area contributed by atoms with Crippen molar-refractivity contribution in [3.05, 3.63) is 137 Å². The summed E-state index contributed by atoms with van der Waals surface area (Å²) in [4.78, 5) is 40.2. The molecule has 0 spiro atoms. The van der Waals surface area contributed by atoms with E-state index in [0.717, 1.165) is 10.7 Å². The van der Waals surface area contributed by atoms with Crippen molar-refractivity contribution in [2.24, 2.45) is 5.10 Å². The van der Waals surface area contributed by atoms with E-state index < -0.39 is 21.1 Å². The van der Waals surface area contributed by atoms with Gasteiger partial charge >= 0.3 is 5.69 Å². The lowest BCUT2D eigenvalue weighted by molar-refractivity contribution is -0.386. The Morgan fingerprint density at radius 1 is 0.932 bits per heavy atom. The zero-order valence-electron chi connectivity index (χ0n) is 22.2. The molecule has 0 radical (unpaired) electrons. The number of hydrogen-bond acceptors (Lipinski definition) is 9. The maximum atomic E-state index is 13.7. The molecule has 44 heavy (non-hydrogen) atoms. The molecule has 2 aromatic heterocycles. The van der Waals surface area contributed by atoms with E-state index in [0.29, 0.717) is 27.1 Å². The second-order valence-corrected chi connectivity index (χ2v) is 10.3. The minimum absolute atomic E-state index is 0.0132. The van der Waals surface area contributed by atoms with Gasteiger partial charge in [0.15, 0.2) is 5.76 Å². The Hall–Kier alpha value is -5.59. The lowest BCUT2D eigenvalue weighted by Gasteiger charge is -2.11. The topological polar surface area (TPSA) is 156 Å². The van der Waals surface area contributed by atoms with Gasteiger partial charge < -0.3 is 9.15 Å². The summed E-state index contributed by atoms with van der Waals surface area (Å²) in [5, 5.41) is 28.9. The molecule has 12 nitrogen and oxygen atoms in total. The van der Waals surface area contributed by atoms with E-state index in [9.17, 15) is 25.0 Å². The molecule has 0 aliphatic heterocycles. The maximum absolute atomic E-state index is 13.7. The summed E-state index contributed by atoms with van der Waals surface area (Å²) in [6, 6.07) is 21.6. The van der Waals surface area contributed by atoms with Gasteiger partial charge in [-0.25, -0.2) is 4.98 Å². The molecule has 0 saturated heterocycles. The summed E-state index contributed by atoms with van der Waals surface area (Å²) >= 11 is 12.4. The second-order valence-electron chi connectivity index (χ2n) is 9.42. The van der Waals surface area contributed by atoms with Gasteiger partial charge in [-0.2, -0.15) is 9.78 Å². The molecule has 0 fully saturated rings. The molecule has 0 N–H and O–H groups in total. The largest absolute Gasteiger partial charge is 0.481 e. The highest BCUT2D eigenvalue weighted by atomic mass is 35.5. The summed E-state index contributed by atoms with van der Waals surface area (Å²) in [6.07, 6.45) is 1.18. The number of nitro groups is 2. The van der Waals surface area contributed by atoms with Gasteiger partial charge in [0, 0.05) is 39.2 Å². The van der Waals surface area contributed by atoms with Gasteiger partial charge in [0.05, 0.1) is 27.0 Å². The molecule has 4 aromatic carbocycles. The first kappa shape index (κ1) is 28.5. The summed E-state index contributed by atoms with van der Waals surface area (Å²) < 4.78 is 12.8. The predicted molar refractivity (Wildman–Crippen MR) is 165 cm³/mol. The van der Waals surface area contributed by atoms with E-state index in [-0.39, 0.29) is 45.6 Å². The van der Waals surface area contributed by atoms with Crippen LogP contribution in [0.4, 0.5) is 11.4 Å². The third-order valence-electron chi connectivity index (χ3n) is 6.53. The number of para-hydroxylation sites is 1. The summed E-state index contributed by atoms with van der Waals surface area (Å²) in [5.74, 6) is 0.0748. The van der Waals surface area contributed by atoms with Gasteiger partial charge in [-0.1, -0.05) is 47.5 Å². The Morgan fingerprint density at radius 2 is 1.75 bits per heavy atom. The third-order valence-corrected chi connectivity index (χ3v) is 6.98. The van der Waals surface area contributed by atoms with E-state index in [1.54, 1.807) is 54.6 Å². The number of furan rings is 1. The van der Waals surface area contributed by atoms with Crippen molar-refractivity contribution in [2.45, 2.75) is 6.61 Å². The number of hydrogen-bond donors (Lipinski definition) is 0. The molecule has 0 aliphatic rings. The zero-order chi connectivity index (χ0) is 31.0. The van der Waals surface area contributed by atoms with Gasteiger partial charge in [0.25, 0.3) is 11.2 Å². The summed E-state index contributed by atoms with van der Waals surface area (Å²) in [7, 11) is 0. The number of benzene rings is 4. The van der Waals surface area contributed by atoms with Crippen molar-refractivity contribution in [3.8, 4) is 17.3 Å². The molecule has 2 heterocycles. The minimum atomic E-state index is -0.680. The minimum Gasteiger partial charge on any atom is -0.481 e. The highest BCUT2D eigenvalue weighted by Gasteiger charge is 2.22. The molecule has 14 heteroatoms. The van der Waals surface area contributed by atoms with Crippen LogP contribution in [0.5, 0.6) is 5.75 Å². The number of nitro benzene ring substituents is 2. The van der Waals surface area contributed by atoms with Crippen LogP contribution in [0.25, 0.3) is 33.5 Å². The number of nitrogens with zero attached hydrogens (tertiary/aromatic N) is 5. The average Bonchev–Trinajstić information content (AvgIpc) is 3.43. The Labute approximate surface area is 256 Å². The van der Waals surface area contributed by atoms with Gasteiger partial charge in [-0.15, -0.1) is 0 Å². The van der Waals surface area contributed by atoms with E-state index in [2.05, 4.69) is 10.1 Å². The van der Waals surface area contributed by atoms with Gasteiger partial charge in [0.2, 0.25) is 11.6 Å². The Kier molecular flexibility index (Phi) is 7.51. The van der Waals surface area contributed by atoms with E-state index >= 15 is 0 Å². The molecule has 6 aromatic rings. The number of non-ortho nitro benzene ring substituents is 1. The molecule has 218 valence electrons. The van der Waals surface area contributed by atoms with E-state index in [4.69, 9.17) is 32.4 Å². The first-order valence-corrected chi connectivity index (χ1v) is 13.5. The van der Waals surface area contributed by atoms with Crippen LogP contribution in [-0.2, 0) is 6.61 Å². The lowest BCUT2D eigenvalue weighted by atomic mass is 10.1. The summed E-state index contributed by atoms with van der Waals surface area (Å²) in [6.45, 7) is -0.241. The number of fused-ring (bicyclic) bond motifs is 2. The highest BCUT2D eigenvalue weighted by Crippen LogP contribution is 2.35. The quantitative estimate of drug-likeness (QED) is 0.0957. The fraction of sp³-hybridized carbons (Fsp3) is 0.0333. The number of halogens is 2. The Balaban J connectivity index is 1.48. The SMILES string of the molecule is O=c1c2ccccc2nc(-c2cc3cc(Cl)ccc3o2)n1N=Cc1cc(Cl)cc([N+](=O)[O-])c1OCc1cccc([N+](=O)[O-])c1. The Bertz CT molecular complexity index is 2210. The van der Waals surface area contributed by atoms with Gasteiger partial charge in [0.1, 0.15) is 12.2 Å². The van der Waals surface area contributed by atoms with Crippen LogP contribution >= 0.6 is 23.2 Å². The normalized spacial score (nSPS) is 11.4. The predicted octanol–water partition coefficient (Wildman–Crippen LogP) is 7.39. The van der Waals surface area contributed by atoms with Crippen LogP contribution in [0.2, 0.25) is 10.0 Å². The molecule has 6 rings (SSSR count). The number of rotatable bonds is 8. The standard InChI is InChI=1S/C30H17Cl2N5O7/c31-20-8-9-26-18(11-20)13-27(44-26)29-34-24-7-2-1-6-23(24)30(38)35(29)33-15-19-12-21(32)14-25(37(41)42)28(19)43-16-17-4-3-5-22(10-17)36(39)40/h1-15H,16H2. The second kappa shape index (κ2) is 11.6. The molecular weight excluding hydrogens is 613 g/mol. The van der Waals surface area contributed by atoms with Crippen molar-refractivity contribution in [1.82, 2.24) is 9.66 Å². The van der Waals surface area contributed by atoms with E-state index in [1.807, 2.05) is 0 Å². The van der Waals surface area contributed by atoms with Crippen LogP contribution in [-0.4, -0.2) is 25.7 Å². The number of ether oxygens (including phenoxy) is 1. The monoisotopic (exact) mass is 629 g/mol. The molecule has 0 saturated carbocycles. The average molecular weight is 630 g/mol. The molecule has 0 unspecified atom stereocenters. The number of aromatic nitrogens is 2. The zero-order valence-corrected chi connectivity index (χ0v) is 23.7. The molecule has 0 aliphatic carbocycles. The van der Waals surface area contributed by atoms with Crippen molar-refractivity contribution >= 4 is 62.7 Å². The van der Waals surface area contributed by atoms with Gasteiger partial charge in [-0.05, 0) is 48.0 Å². The third kappa shape index (κ3) is 5.59. The Morgan fingerprint density at radius 3 is 2.55 bits per heavy atom.